The predicted octanol–water partition coefficient (Wildman–Crippen LogP) is 0.565. The lowest BCUT2D eigenvalue weighted by atomic mass is 9.93. The van der Waals surface area contributed by atoms with Crippen LogP contribution < -0.4 is 32.3 Å². The number of Topliss-reactive ketones (excluding diaryl/α,β-unsaturated/α-hetero) is 1. The van der Waals surface area contributed by atoms with Crippen LogP contribution in [0.3, 0.4) is 0 Å². The highest BCUT2D eigenvalue weighted by atomic mass is 19.4. The number of carboxylic acid groups (broad SMARTS) is 1. The Morgan fingerprint density at radius 1 is 1.02 bits per heavy atom. The number of nitrogens with zero attached hydrogens (tertiary/aromatic N) is 1. The lowest BCUT2D eigenvalue weighted by Crippen LogP contribution is -2.41. The smallest absolute Gasteiger partial charge is 0.475 e. The number of rotatable bonds is 13. The molecule has 0 aliphatic carbocycles. The highest BCUT2D eigenvalue weighted by Crippen LogP contribution is 2.23. The number of imide groups is 1. The Hall–Kier alpha value is -4.80. The average Bonchev–Trinajstić information content (AvgIpc) is 3.23. The SMILES string of the molecule is C[C@H](NC(=O)CCN)C(=O)C[C@@H](CCCNC(N)=O)C(=O)Nc1ccc(N2C(=O)C=CC2=O)cc1.O=C(O)C(F)(F)F. The second-order valence-corrected chi connectivity index (χ2v) is 8.81. The zero-order valence-electron chi connectivity index (χ0n) is 22.4. The fourth-order valence-electron chi connectivity index (χ4n) is 3.42. The number of hydrogen-bond donors (Lipinski definition) is 6. The van der Waals surface area contributed by atoms with Crippen molar-refractivity contribution in [2.75, 3.05) is 23.3 Å². The van der Waals surface area contributed by atoms with E-state index in [0.717, 1.165) is 4.90 Å². The summed E-state index contributed by atoms with van der Waals surface area (Å²) in [5.41, 5.74) is 11.2. The number of hydrogen-bond acceptors (Lipinski definition) is 8. The highest BCUT2D eigenvalue weighted by Gasteiger charge is 2.38. The van der Waals surface area contributed by atoms with Crippen molar-refractivity contribution in [2.45, 2.75) is 44.8 Å². The number of carboxylic acids is 1. The van der Waals surface area contributed by atoms with Gasteiger partial charge in [-0.2, -0.15) is 13.2 Å². The quantitative estimate of drug-likeness (QED) is 0.137. The Bertz CT molecular complexity index is 1190. The molecular formula is C25H31F3N6O8. The first-order valence-electron chi connectivity index (χ1n) is 12.4. The summed E-state index contributed by atoms with van der Waals surface area (Å²) in [6.07, 6.45) is -2.11. The van der Waals surface area contributed by atoms with Crippen LogP contribution in [0, 0.1) is 5.92 Å². The molecule has 0 saturated carbocycles. The zero-order chi connectivity index (χ0) is 32.0. The molecule has 2 rings (SSSR count). The summed E-state index contributed by atoms with van der Waals surface area (Å²) >= 11 is 0. The number of carbonyl (C=O) groups excluding carboxylic acids is 6. The van der Waals surface area contributed by atoms with E-state index in [2.05, 4.69) is 16.0 Å². The molecule has 2 atom stereocenters. The molecule has 6 amide bonds. The third-order valence-electron chi connectivity index (χ3n) is 5.52. The number of ketones is 1. The van der Waals surface area contributed by atoms with Crippen molar-refractivity contribution < 1.29 is 51.8 Å². The third kappa shape index (κ3) is 12.2. The van der Waals surface area contributed by atoms with Gasteiger partial charge in [-0.1, -0.05) is 0 Å². The summed E-state index contributed by atoms with van der Waals surface area (Å²) in [5.74, 6) is -5.52. The number of nitrogens with two attached hydrogens (primary N) is 2. The van der Waals surface area contributed by atoms with E-state index < -0.39 is 47.9 Å². The van der Waals surface area contributed by atoms with Gasteiger partial charge in [-0.25, -0.2) is 14.5 Å². The van der Waals surface area contributed by atoms with Crippen LogP contribution in [0.1, 0.15) is 32.6 Å². The number of anilines is 2. The van der Waals surface area contributed by atoms with Gasteiger partial charge in [0, 0.05) is 49.7 Å². The first-order valence-corrected chi connectivity index (χ1v) is 12.4. The molecule has 0 unspecified atom stereocenters. The summed E-state index contributed by atoms with van der Waals surface area (Å²) in [6, 6.07) is 4.62. The van der Waals surface area contributed by atoms with E-state index in [4.69, 9.17) is 21.4 Å². The van der Waals surface area contributed by atoms with Gasteiger partial charge in [0.05, 0.1) is 11.7 Å². The standard InChI is InChI=1S/C23H30N6O6.C2HF3O2/c1-14(27-19(31)10-11-24)18(30)13-15(3-2-12-26-23(25)35)22(34)28-16-4-6-17(7-5-16)29-20(32)8-9-21(29)33;3-2(4,5)1(6)7/h4-9,14-15H,2-3,10-13,24H2,1H3,(H,27,31)(H,28,34)(H3,25,26,35);(H,6,7)/t14-,15+;/m0./s1. The summed E-state index contributed by atoms with van der Waals surface area (Å²) in [4.78, 5) is 81.8. The van der Waals surface area contributed by atoms with Crippen LogP contribution in [0.5, 0.6) is 0 Å². The van der Waals surface area contributed by atoms with Crippen molar-refractivity contribution in [1.29, 1.82) is 0 Å². The molecule has 8 N–H and O–H groups in total. The van der Waals surface area contributed by atoms with Crippen LogP contribution >= 0.6 is 0 Å². The maximum atomic E-state index is 13.0. The Labute approximate surface area is 237 Å². The summed E-state index contributed by atoms with van der Waals surface area (Å²) in [7, 11) is 0. The Kier molecular flexibility index (Phi) is 13.8. The molecule has 1 aromatic carbocycles. The van der Waals surface area contributed by atoms with Crippen molar-refractivity contribution in [3.63, 3.8) is 0 Å². The second kappa shape index (κ2) is 16.5. The average molecular weight is 601 g/mol. The van der Waals surface area contributed by atoms with Gasteiger partial charge in [-0.3, -0.25) is 24.0 Å². The van der Waals surface area contributed by atoms with Gasteiger partial charge in [0.2, 0.25) is 11.8 Å². The normalized spacial score (nSPS) is 13.9. The van der Waals surface area contributed by atoms with Gasteiger partial charge in [0.25, 0.3) is 11.8 Å². The fourth-order valence-corrected chi connectivity index (χ4v) is 3.42. The molecule has 1 aliphatic heterocycles. The van der Waals surface area contributed by atoms with Crippen molar-refractivity contribution >= 4 is 52.8 Å². The maximum absolute atomic E-state index is 13.0. The molecule has 0 bridgehead atoms. The van der Waals surface area contributed by atoms with Crippen LogP contribution in [0.15, 0.2) is 36.4 Å². The second-order valence-electron chi connectivity index (χ2n) is 8.81. The highest BCUT2D eigenvalue weighted by molar-refractivity contribution is 6.28. The monoisotopic (exact) mass is 600 g/mol. The van der Waals surface area contributed by atoms with E-state index in [1.54, 1.807) is 0 Å². The Morgan fingerprint density at radius 2 is 1.57 bits per heavy atom. The Balaban J connectivity index is 0.00000112. The van der Waals surface area contributed by atoms with E-state index in [9.17, 15) is 41.9 Å². The minimum Gasteiger partial charge on any atom is -0.475 e. The van der Waals surface area contributed by atoms with Gasteiger partial charge >= 0.3 is 18.2 Å². The zero-order valence-corrected chi connectivity index (χ0v) is 22.4. The van der Waals surface area contributed by atoms with E-state index in [0.29, 0.717) is 17.8 Å². The van der Waals surface area contributed by atoms with Crippen molar-refractivity contribution in [3.8, 4) is 0 Å². The van der Waals surface area contributed by atoms with Crippen LogP contribution in [-0.2, 0) is 28.8 Å². The molecule has 0 fully saturated rings. The number of carbonyl (C=O) groups is 7. The first kappa shape index (κ1) is 35.2. The largest absolute Gasteiger partial charge is 0.490 e. The van der Waals surface area contributed by atoms with Gasteiger partial charge < -0.3 is 32.5 Å². The van der Waals surface area contributed by atoms with Crippen molar-refractivity contribution in [1.82, 2.24) is 10.6 Å². The molecule has 17 heteroatoms. The number of urea groups is 1. The van der Waals surface area contributed by atoms with E-state index in [1.165, 1.54) is 43.3 Å². The lowest BCUT2D eigenvalue weighted by Gasteiger charge is -2.20. The van der Waals surface area contributed by atoms with Gasteiger partial charge in [0.15, 0.2) is 5.78 Å². The topological polar surface area (TPSA) is 231 Å². The first-order chi connectivity index (χ1) is 19.6. The van der Waals surface area contributed by atoms with E-state index >= 15 is 0 Å². The lowest BCUT2D eigenvalue weighted by molar-refractivity contribution is -0.192. The van der Waals surface area contributed by atoms with Crippen LogP contribution in [0.4, 0.5) is 29.3 Å². The molecular weight excluding hydrogens is 569 g/mol. The minimum atomic E-state index is -5.08. The van der Waals surface area contributed by atoms with Crippen LogP contribution in [0.25, 0.3) is 0 Å². The van der Waals surface area contributed by atoms with Crippen LogP contribution in [0.2, 0.25) is 0 Å². The van der Waals surface area contributed by atoms with Crippen molar-refractivity contribution in [3.05, 3.63) is 36.4 Å². The molecule has 0 spiro atoms. The number of alkyl halides is 3. The van der Waals surface area contributed by atoms with Crippen molar-refractivity contribution in [2.24, 2.45) is 17.4 Å². The molecule has 1 heterocycles. The van der Waals surface area contributed by atoms with E-state index in [1.807, 2.05) is 0 Å². The number of amides is 6. The number of nitrogens with one attached hydrogen (secondary N) is 3. The van der Waals surface area contributed by atoms with Gasteiger partial charge in [-0.05, 0) is 44.0 Å². The molecule has 1 aromatic rings. The summed E-state index contributed by atoms with van der Waals surface area (Å²) in [6.45, 7) is 1.92. The molecule has 1 aliphatic rings. The molecule has 42 heavy (non-hydrogen) atoms. The third-order valence-corrected chi connectivity index (χ3v) is 5.52. The van der Waals surface area contributed by atoms with E-state index in [-0.39, 0.29) is 44.0 Å². The molecule has 0 saturated heterocycles. The predicted molar refractivity (Wildman–Crippen MR) is 142 cm³/mol. The maximum Gasteiger partial charge on any atom is 0.490 e. The number of halogens is 3. The molecule has 230 valence electrons. The molecule has 14 nitrogen and oxygen atoms in total. The minimum absolute atomic E-state index is 0.0843. The molecule has 0 radical (unpaired) electrons. The van der Waals surface area contributed by atoms with Gasteiger partial charge in [-0.15, -0.1) is 0 Å². The summed E-state index contributed by atoms with van der Waals surface area (Å²) in [5, 5.41) is 14.8. The number of benzene rings is 1. The number of aliphatic carboxylic acids is 1. The van der Waals surface area contributed by atoms with Crippen LogP contribution in [-0.4, -0.2) is 71.8 Å². The number of primary amides is 1. The Morgan fingerprint density at radius 3 is 2.05 bits per heavy atom. The van der Waals surface area contributed by atoms with Gasteiger partial charge in [0.1, 0.15) is 0 Å². The molecule has 0 aromatic heterocycles. The fraction of sp³-hybridized carbons (Fsp3) is 0.400. The summed E-state index contributed by atoms with van der Waals surface area (Å²) < 4.78 is 31.7.